The highest BCUT2D eigenvalue weighted by Gasteiger charge is 2.04. The highest BCUT2D eigenvalue weighted by molar-refractivity contribution is 5.42. The minimum atomic E-state index is 0.00327. The molecule has 3 nitrogen and oxygen atoms in total. The third-order valence-corrected chi connectivity index (χ3v) is 1.99. The third kappa shape index (κ3) is 3.29. The van der Waals surface area contributed by atoms with E-state index in [1.165, 1.54) is 0 Å². The van der Waals surface area contributed by atoms with Crippen LogP contribution in [-0.2, 0) is 6.61 Å². The van der Waals surface area contributed by atoms with Crippen molar-refractivity contribution in [3.05, 3.63) is 36.4 Å². The summed E-state index contributed by atoms with van der Waals surface area (Å²) in [4.78, 5) is 0. The van der Waals surface area contributed by atoms with Crippen molar-refractivity contribution in [3.8, 4) is 11.5 Å². The van der Waals surface area contributed by atoms with E-state index in [0.717, 1.165) is 12.0 Å². The SMILES string of the molecule is C=CCCOc1ccc(CO)cc1OC. The van der Waals surface area contributed by atoms with Crippen LogP contribution in [0.1, 0.15) is 12.0 Å². The highest BCUT2D eigenvalue weighted by atomic mass is 16.5. The van der Waals surface area contributed by atoms with E-state index in [2.05, 4.69) is 6.58 Å². The van der Waals surface area contributed by atoms with Gasteiger partial charge < -0.3 is 14.6 Å². The molecule has 0 aliphatic heterocycles. The minimum absolute atomic E-state index is 0.00327. The molecule has 0 saturated carbocycles. The van der Waals surface area contributed by atoms with Gasteiger partial charge >= 0.3 is 0 Å². The molecule has 0 atom stereocenters. The summed E-state index contributed by atoms with van der Waals surface area (Å²) in [5.41, 5.74) is 0.808. The van der Waals surface area contributed by atoms with Gasteiger partial charge in [-0.15, -0.1) is 6.58 Å². The standard InChI is InChI=1S/C12H16O3/c1-3-4-7-15-11-6-5-10(9-13)8-12(11)14-2/h3,5-6,8,13H,1,4,7,9H2,2H3. The van der Waals surface area contributed by atoms with Crippen LogP contribution in [0, 0.1) is 0 Å². The lowest BCUT2D eigenvalue weighted by atomic mass is 10.2. The van der Waals surface area contributed by atoms with Gasteiger partial charge in [-0.05, 0) is 24.1 Å². The van der Waals surface area contributed by atoms with E-state index in [1.807, 2.05) is 6.07 Å². The zero-order valence-electron chi connectivity index (χ0n) is 8.90. The Hall–Kier alpha value is -1.48. The molecule has 1 aromatic carbocycles. The maximum absolute atomic E-state index is 8.95. The summed E-state index contributed by atoms with van der Waals surface area (Å²) in [6.45, 7) is 4.20. The number of ether oxygens (including phenoxy) is 2. The summed E-state index contributed by atoms with van der Waals surface area (Å²) >= 11 is 0. The van der Waals surface area contributed by atoms with Crippen LogP contribution < -0.4 is 9.47 Å². The topological polar surface area (TPSA) is 38.7 Å². The molecule has 15 heavy (non-hydrogen) atoms. The zero-order chi connectivity index (χ0) is 11.1. The van der Waals surface area contributed by atoms with Crippen molar-refractivity contribution in [2.24, 2.45) is 0 Å². The van der Waals surface area contributed by atoms with Crippen LogP contribution in [0.2, 0.25) is 0 Å². The number of hydrogen-bond acceptors (Lipinski definition) is 3. The molecule has 0 aliphatic carbocycles. The van der Waals surface area contributed by atoms with Crippen LogP contribution in [0.3, 0.4) is 0 Å². The van der Waals surface area contributed by atoms with Gasteiger partial charge in [0.25, 0.3) is 0 Å². The number of hydrogen-bond donors (Lipinski definition) is 1. The molecule has 0 fully saturated rings. The first-order chi connectivity index (χ1) is 7.31. The van der Waals surface area contributed by atoms with E-state index in [-0.39, 0.29) is 6.61 Å². The van der Waals surface area contributed by atoms with Crippen molar-refractivity contribution in [2.75, 3.05) is 13.7 Å². The first-order valence-corrected chi connectivity index (χ1v) is 4.83. The van der Waals surface area contributed by atoms with Crippen LogP contribution in [0.4, 0.5) is 0 Å². The van der Waals surface area contributed by atoms with Gasteiger partial charge in [-0.3, -0.25) is 0 Å². The predicted octanol–water partition coefficient (Wildman–Crippen LogP) is 2.14. The highest BCUT2D eigenvalue weighted by Crippen LogP contribution is 2.28. The molecule has 0 aliphatic rings. The van der Waals surface area contributed by atoms with E-state index >= 15 is 0 Å². The lowest BCUT2D eigenvalue weighted by Crippen LogP contribution is -1.98. The Morgan fingerprint density at radius 1 is 1.40 bits per heavy atom. The quantitative estimate of drug-likeness (QED) is 0.575. The molecule has 0 heterocycles. The van der Waals surface area contributed by atoms with Crippen LogP contribution >= 0.6 is 0 Å². The molecule has 0 saturated heterocycles. The van der Waals surface area contributed by atoms with Gasteiger partial charge in [0.2, 0.25) is 0 Å². The second-order valence-corrected chi connectivity index (χ2v) is 3.07. The fourth-order valence-corrected chi connectivity index (χ4v) is 1.18. The van der Waals surface area contributed by atoms with Crippen LogP contribution in [0.5, 0.6) is 11.5 Å². The maximum atomic E-state index is 8.95. The predicted molar refractivity (Wildman–Crippen MR) is 59.2 cm³/mol. The van der Waals surface area contributed by atoms with Gasteiger partial charge in [0.15, 0.2) is 11.5 Å². The Labute approximate surface area is 90.0 Å². The fraction of sp³-hybridized carbons (Fsp3) is 0.333. The summed E-state index contributed by atoms with van der Waals surface area (Å²) in [6.07, 6.45) is 2.60. The van der Waals surface area contributed by atoms with Crippen molar-refractivity contribution < 1.29 is 14.6 Å². The van der Waals surface area contributed by atoms with Crippen molar-refractivity contribution in [2.45, 2.75) is 13.0 Å². The number of benzene rings is 1. The summed E-state index contributed by atoms with van der Waals surface area (Å²) in [6, 6.07) is 5.38. The molecule has 0 aromatic heterocycles. The summed E-state index contributed by atoms with van der Waals surface area (Å²) in [5, 5.41) is 8.95. The average Bonchev–Trinajstić information content (AvgIpc) is 2.29. The largest absolute Gasteiger partial charge is 0.493 e. The Kier molecular flexibility index (Phi) is 4.71. The zero-order valence-corrected chi connectivity index (χ0v) is 8.90. The first kappa shape index (κ1) is 11.6. The molecule has 1 aromatic rings. The normalized spacial score (nSPS) is 9.73. The van der Waals surface area contributed by atoms with Gasteiger partial charge in [-0.1, -0.05) is 12.1 Å². The van der Waals surface area contributed by atoms with Crippen LogP contribution in [0.25, 0.3) is 0 Å². The van der Waals surface area contributed by atoms with Crippen molar-refractivity contribution in [1.29, 1.82) is 0 Å². The van der Waals surface area contributed by atoms with Gasteiger partial charge in [0.1, 0.15) is 0 Å². The number of methoxy groups -OCH3 is 1. The van der Waals surface area contributed by atoms with Crippen molar-refractivity contribution in [1.82, 2.24) is 0 Å². The summed E-state index contributed by atoms with van der Waals surface area (Å²) in [5.74, 6) is 1.34. The molecule has 0 radical (unpaired) electrons. The summed E-state index contributed by atoms with van der Waals surface area (Å²) in [7, 11) is 1.58. The van der Waals surface area contributed by atoms with Crippen LogP contribution in [-0.4, -0.2) is 18.8 Å². The molecule has 0 unspecified atom stereocenters. The fourth-order valence-electron chi connectivity index (χ4n) is 1.18. The Morgan fingerprint density at radius 2 is 2.20 bits per heavy atom. The van der Waals surface area contributed by atoms with Crippen molar-refractivity contribution >= 4 is 0 Å². The molecular formula is C12H16O3. The van der Waals surface area contributed by atoms with Gasteiger partial charge in [0, 0.05) is 0 Å². The van der Waals surface area contributed by atoms with Gasteiger partial charge in [-0.25, -0.2) is 0 Å². The summed E-state index contributed by atoms with van der Waals surface area (Å²) < 4.78 is 10.6. The van der Waals surface area contributed by atoms with Crippen LogP contribution in [0.15, 0.2) is 30.9 Å². The molecule has 1 rings (SSSR count). The van der Waals surface area contributed by atoms with E-state index < -0.39 is 0 Å². The third-order valence-electron chi connectivity index (χ3n) is 1.99. The van der Waals surface area contributed by atoms with E-state index in [0.29, 0.717) is 18.1 Å². The van der Waals surface area contributed by atoms with Gasteiger partial charge in [-0.2, -0.15) is 0 Å². The van der Waals surface area contributed by atoms with E-state index in [9.17, 15) is 0 Å². The lowest BCUT2D eigenvalue weighted by molar-refractivity contribution is 0.278. The lowest BCUT2D eigenvalue weighted by Gasteiger charge is -2.10. The molecule has 3 heteroatoms. The molecule has 82 valence electrons. The Morgan fingerprint density at radius 3 is 2.80 bits per heavy atom. The smallest absolute Gasteiger partial charge is 0.161 e. The molecule has 0 spiro atoms. The molecule has 0 amide bonds. The van der Waals surface area contributed by atoms with Crippen molar-refractivity contribution in [3.63, 3.8) is 0 Å². The maximum Gasteiger partial charge on any atom is 0.161 e. The number of rotatable bonds is 6. The van der Waals surface area contributed by atoms with E-state index in [4.69, 9.17) is 14.6 Å². The Bertz CT molecular complexity index is 321. The first-order valence-electron chi connectivity index (χ1n) is 4.83. The van der Waals surface area contributed by atoms with Gasteiger partial charge in [0.05, 0.1) is 20.3 Å². The molecule has 0 bridgehead atoms. The minimum Gasteiger partial charge on any atom is -0.493 e. The number of aliphatic hydroxyl groups excluding tert-OH is 1. The average molecular weight is 208 g/mol. The Balaban J connectivity index is 2.73. The second kappa shape index (κ2) is 6.09. The molecular weight excluding hydrogens is 192 g/mol. The monoisotopic (exact) mass is 208 g/mol. The second-order valence-electron chi connectivity index (χ2n) is 3.07. The van der Waals surface area contributed by atoms with E-state index in [1.54, 1.807) is 25.3 Å². The number of aliphatic hydroxyl groups is 1. The molecule has 1 N–H and O–H groups in total.